The van der Waals surface area contributed by atoms with E-state index in [1.165, 1.54) is 5.56 Å². The van der Waals surface area contributed by atoms with Gasteiger partial charge in [0.25, 0.3) is 0 Å². The van der Waals surface area contributed by atoms with Gasteiger partial charge < -0.3 is 10.1 Å². The second-order valence-corrected chi connectivity index (χ2v) is 3.70. The molecule has 74 valence electrons. The number of nitrogens with zero attached hydrogens (tertiary/aromatic N) is 2. The molecule has 2 aromatic rings. The molecule has 0 bridgehead atoms. The molecular formula is C11H15N3. The van der Waals surface area contributed by atoms with Crippen LogP contribution in [0.15, 0.2) is 24.5 Å². The van der Waals surface area contributed by atoms with E-state index in [1.807, 2.05) is 13.1 Å². The summed E-state index contributed by atoms with van der Waals surface area (Å²) in [5, 5.41) is 0. The van der Waals surface area contributed by atoms with Crippen LogP contribution in [0.5, 0.6) is 0 Å². The molecule has 0 spiro atoms. The maximum absolute atomic E-state index is 5.64. The van der Waals surface area contributed by atoms with Crippen LogP contribution in [-0.4, -0.2) is 15.9 Å². The van der Waals surface area contributed by atoms with Crippen LogP contribution in [0.2, 0.25) is 0 Å². The van der Waals surface area contributed by atoms with Crippen LogP contribution in [0.25, 0.3) is 5.52 Å². The maximum atomic E-state index is 5.64. The Hall–Kier alpha value is -1.35. The minimum absolute atomic E-state index is 0.404. The molecule has 2 aromatic heterocycles. The van der Waals surface area contributed by atoms with Crippen molar-refractivity contribution in [3.05, 3.63) is 35.9 Å². The minimum atomic E-state index is 0.404. The lowest BCUT2D eigenvalue weighted by Gasteiger charge is -2.09. The quantitative estimate of drug-likeness (QED) is 0.781. The topological polar surface area (TPSA) is 43.3 Å². The standard InChI is InChI=1S/C11H15N3/c1-8(5-12)10-3-4-11-6-13-9(2)14(11)7-10/h3-4,6-8H,5,12H2,1-2H3. The summed E-state index contributed by atoms with van der Waals surface area (Å²) in [4.78, 5) is 4.25. The van der Waals surface area contributed by atoms with Crippen LogP contribution in [0, 0.1) is 6.92 Å². The van der Waals surface area contributed by atoms with Gasteiger partial charge in [-0.15, -0.1) is 0 Å². The average Bonchev–Trinajstić information content (AvgIpc) is 2.59. The molecule has 14 heavy (non-hydrogen) atoms. The summed E-state index contributed by atoms with van der Waals surface area (Å²) in [6, 6.07) is 4.20. The molecule has 2 heterocycles. The van der Waals surface area contributed by atoms with Crippen molar-refractivity contribution in [3.8, 4) is 0 Å². The van der Waals surface area contributed by atoms with E-state index in [-0.39, 0.29) is 0 Å². The Morgan fingerprint density at radius 2 is 2.29 bits per heavy atom. The van der Waals surface area contributed by atoms with Crippen molar-refractivity contribution in [1.82, 2.24) is 9.38 Å². The van der Waals surface area contributed by atoms with Gasteiger partial charge in [0.2, 0.25) is 0 Å². The van der Waals surface area contributed by atoms with Gasteiger partial charge in [-0.05, 0) is 31.0 Å². The van der Waals surface area contributed by atoms with E-state index in [0.717, 1.165) is 11.3 Å². The molecular weight excluding hydrogens is 174 g/mol. The van der Waals surface area contributed by atoms with Crippen LogP contribution >= 0.6 is 0 Å². The van der Waals surface area contributed by atoms with Gasteiger partial charge in [0.1, 0.15) is 5.82 Å². The summed E-state index contributed by atoms with van der Waals surface area (Å²) in [6.45, 7) is 4.82. The molecule has 3 nitrogen and oxygen atoms in total. The fraction of sp³-hybridized carbons (Fsp3) is 0.364. The number of pyridine rings is 1. The molecule has 3 heteroatoms. The lowest BCUT2D eigenvalue weighted by Crippen LogP contribution is -2.09. The fourth-order valence-corrected chi connectivity index (χ4v) is 1.56. The number of fused-ring (bicyclic) bond motifs is 1. The van der Waals surface area contributed by atoms with Gasteiger partial charge in [-0.25, -0.2) is 4.98 Å². The molecule has 0 radical (unpaired) electrons. The molecule has 2 rings (SSSR count). The summed E-state index contributed by atoms with van der Waals surface area (Å²) >= 11 is 0. The predicted octanol–water partition coefficient (Wildman–Crippen LogP) is 1.70. The zero-order valence-corrected chi connectivity index (χ0v) is 8.57. The highest BCUT2D eigenvalue weighted by Crippen LogP contribution is 2.16. The van der Waals surface area contributed by atoms with Crippen molar-refractivity contribution in [2.45, 2.75) is 19.8 Å². The third kappa shape index (κ3) is 1.40. The lowest BCUT2D eigenvalue weighted by atomic mass is 10.0. The molecule has 0 aliphatic heterocycles. The van der Waals surface area contributed by atoms with E-state index in [9.17, 15) is 0 Å². The van der Waals surface area contributed by atoms with Gasteiger partial charge >= 0.3 is 0 Å². The predicted molar refractivity (Wildman–Crippen MR) is 57.4 cm³/mol. The fourth-order valence-electron chi connectivity index (χ4n) is 1.56. The molecule has 1 atom stereocenters. The van der Waals surface area contributed by atoms with Crippen LogP contribution in [0.1, 0.15) is 24.2 Å². The number of hydrogen-bond acceptors (Lipinski definition) is 2. The Morgan fingerprint density at radius 3 is 3.00 bits per heavy atom. The smallest absolute Gasteiger partial charge is 0.110 e. The van der Waals surface area contributed by atoms with E-state index in [1.54, 1.807) is 0 Å². The first-order chi connectivity index (χ1) is 6.72. The zero-order chi connectivity index (χ0) is 10.1. The van der Waals surface area contributed by atoms with Crippen molar-refractivity contribution in [2.75, 3.05) is 6.54 Å². The van der Waals surface area contributed by atoms with E-state index in [4.69, 9.17) is 5.73 Å². The van der Waals surface area contributed by atoms with Crippen molar-refractivity contribution >= 4 is 5.52 Å². The number of aryl methyl sites for hydroxylation is 1. The Labute approximate surface area is 83.6 Å². The van der Waals surface area contributed by atoms with Crippen LogP contribution in [0.3, 0.4) is 0 Å². The molecule has 0 amide bonds. The second-order valence-electron chi connectivity index (χ2n) is 3.70. The van der Waals surface area contributed by atoms with E-state index >= 15 is 0 Å². The number of rotatable bonds is 2. The van der Waals surface area contributed by atoms with Gasteiger partial charge in [0.15, 0.2) is 0 Å². The highest BCUT2D eigenvalue weighted by Gasteiger charge is 2.05. The Kier molecular flexibility index (Phi) is 2.25. The van der Waals surface area contributed by atoms with Crippen LogP contribution < -0.4 is 5.73 Å². The molecule has 1 unspecified atom stereocenters. The number of nitrogens with two attached hydrogens (primary N) is 1. The second kappa shape index (κ2) is 3.42. The molecule has 0 aliphatic rings. The summed E-state index contributed by atoms with van der Waals surface area (Å²) in [7, 11) is 0. The first-order valence-electron chi connectivity index (χ1n) is 4.86. The van der Waals surface area contributed by atoms with Gasteiger partial charge in [-0.3, -0.25) is 0 Å². The van der Waals surface area contributed by atoms with Gasteiger partial charge in [-0.1, -0.05) is 13.0 Å². The van der Waals surface area contributed by atoms with Crippen molar-refractivity contribution in [3.63, 3.8) is 0 Å². The summed E-state index contributed by atoms with van der Waals surface area (Å²) in [5.74, 6) is 1.42. The average molecular weight is 189 g/mol. The van der Waals surface area contributed by atoms with Crippen molar-refractivity contribution in [1.29, 1.82) is 0 Å². The number of hydrogen-bond donors (Lipinski definition) is 1. The minimum Gasteiger partial charge on any atom is -0.330 e. The monoisotopic (exact) mass is 189 g/mol. The molecule has 2 N–H and O–H groups in total. The zero-order valence-electron chi connectivity index (χ0n) is 8.57. The Balaban J connectivity index is 2.54. The summed E-state index contributed by atoms with van der Waals surface area (Å²) in [5.41, 5.74) is 8.04. The van der Waals surface area contributed by atoms with E-state index < -0.39 is 0 Å². The van der Waals surface area contributed by atoms with Crippen LogP contribution in [-0.2, 0) is 0 Å². The first kappa shape index (κ1) is 9.21. The van der Waals surface area contributed by atoms with E-state index in [2.05, 4.69) is 34.6 Å². The largest absolute Gasteiger partial charge is 0.330 e. The highest BCUT2D eigenvalue weighted by molar-refractivity contribution is 5.47. The van der Waals surface area contributed by atoms with Gasteiger partial charge in [0, 0.05) is 6.20 Å². The normalized spacial score (nSPS) is 13.4. The third-order valence-corrected chi connectivity index (χ3v) is 2.66. The molecule has 0 saturated heterocycles. The lowest BCUT2D eigenvalue weighted by molar-refractivity contribution is 0.766. The third-order valence-electron chi connectivity index (χ3n) is 2.66. The van der Waals surface area contributed by atoms with Gasteiger partial charge in [0.05, 0.1) is 11.7 Å². The number of imidazole rings is 1. The molecule has 0 fully saturated rings. The molecule has 0 aromatic carbocycles. The maximum Gasteiger partial charge on any atom is 0.110 e. The SMILES string of the molecule is Cc1ncc2ccc(C(C)CN)cn12. The first-order valence-corrected chi connectivity index (χ1v) is 4.86. The summed E-state index contributed by atoms with van der Waals surface area (Å²) < 4.78 is 2.10. The summed E-state index contributed by atoms with van der Waals surface area (Å²) in [6.07, 6.45) is 4.00. The number of aromatic nitrogens is 2. The molecule has 0 aliphatic carbocycles. The Bertz CT molecular complexity index is 445. The van der Waals surface area contributed by atoms with Crippen LogP contribution in [0.4, 0.5) is 0 Å². The van der Waals surface area contributed by atoms with Crippen molar-refractivity contribution < 1.29 is 0 Å². The van der Waals surface area contributed by atoms with Gasteiger partial charge in [-0.2, -0.15) is 0 Å². The molecule has 0 saturated carbocycles. The Morgan fingerprint density at radius 1 is 1.50 bits per heavy atom. The highest BCUT2D eigenvalue weighted by atomic mass is 15.0. The van der Waals surface area contributed by atoms with E-state index in [0.29, 0.717) is 12.5 Å². The van der Waals surface area contributed by atoms with Crippen molar-refractivity contribution in [2.24, 2.45) is 5.73 Å².